The number of rotatable bonds is 13. The minimum absolute atomic E-state index is 0.123. The SMILES string of the molecule is C=CCOc1ccc(/C=N\N[C@@H](O)COc2ccc([C@@H]3NC(=O)NC(C)=C3C(=O)OC)cc2OCC)cc1. The standard InChI is InChI=1S/C27H32N4O7/c1-5-13-37-20-10-7-18(8-11-20)15-28-31-23(32)16-38-21-12-9-19(14-22(21)36-6-2)25-24(26(33)35-4)17(3)29-27(34)30-25/h5,7-12,14-15,23,25,31-32H,1,6,13,16H2,2-4H3,(H2,29,30,34)/b28-15-/t23-,25-/m0/s1. The van der Waals surface area contributed by atoms with Crippen molar-refractivity contribution in [1.29, 1.82) is 0 Å². The van der Waals surface area contributed by atoms with Gasteiger partial charge in [-0.25, -0.2) is 9.59 Å². The van der Waals surface area contributed by atoms with Crippen LogP contribution in [0.25, 0.3) is 0 Å². The molecule has 11 heteroatoms. The predicted molar refractivity (Wildman–Crippen MR) is 141 cm³/mol. The first-order valence-electron chi connectivity index (χ1n) is 11.9. The van der Waals surface area contributed by atoms with Gasteiger partial charge in [-0.05, 0) is 61.4 Å². The summed E-state index contributed by atoms with van der Waals surface area (Å²) in [6, 6.07) is 11.1. The van der Waals surface area contributed by atoms with Gasteiger partial charge in [-0.15, -0.1) is 0 Å². The zero-order valence-electron chi connectivity index (χ0n) is 21.5. The van der Waals surface area contributed by atoms with Gasteiger partial charge in [0, 0.05) is 5.70 Å². The summed E-state index contributed by atoms with van der Waals surface area (Å²) in [7, 11) is 1.28. The lowest BCUT2D eigenvalue weighted by Gasteiger charge is -2.28. The van der Waals surface area contributed by atoms with Gasteiger partial charge in [0.1, 0.15) is 19.0 Å². The molecule has 11 nitrogen and oxygen atoms in total. The molecule has 0 aliphatic carbocycles. The number of hydrazone groups is 1. The van der Waals surface area contributed by atoms with Crippen molar-refractivity contribution in [2.24, 2.45) is 5.10 Å². The van der Waals surface area contributed by atoms with Crippen LogP contribution >= 0.6 is 0 Å². The van der Waals surface area contributed by atoms with E-state index in [1.807, 2.05) is 31.2 Å². The molecule has 0 aromatic heterocycles. The highest BCUT2D eigenvalue weighted by molar-refractivity contribution is 5.95. The molecule has 0 saturated carbocycles. The summed E-state index contributed by atoms with van der Waals surface area (Å²) < 4.78 is 21.8. The Morgan fingerprint density at radius 3 is 2.63 bits per heavy atom. The molecular weight excluding hydrogens is 492 g/mol. The molecule has 2 aromatic rings. The molecule has 4 N–H and O–H groups in total. The topological polar surface area (TPSA) is 140 Å². The smallest absolute Gasteiger partial charge is 0.337 e. The molecule has 1 aliphatic rings. The van der Waals surface area contributed by atoms with Gasteiger partial charge in [0.2, 0.25) is 0 Å². The lowest BCUT2D eigenvalue weighted by Crippen LogP contribution is -2.45. The van der Waals surface area contributed by atoms with Crippen molar-refractivity contribution in [2.45, 2.75) is 26.1 Å². The first-order valence-corrected chi connectivity index (χ1v) is 11.9. The number of ether oxygens (including phenoxy) is 4. The molecular formula is C27H32N4O7. The summed E-state index contributed by atoms with van der Waals surface area (Å²) in [6.07, 6.45) is 2.13. The predicted octanol–water partition coefficient (Wildman–Crippen LogP) is 2.77. The number of esters is 1. The number of carbonyl (C=O) groups excluding carboxylic acids is 2. The van der Waals surface area contributed by atoms with Crippen LogP contribution in [0.5, 0.6) is 17.2 Å². The third-order valence-corrected chi connectivity index (χ3v) is 5.36. The van der Waals surface area contributed by atoms with Gasteiger partial charge < -0.3 is 34.7 Å². The van der Waals surface area contributed by atoms with Gasteiger partial charge in [0.05, 0.1) is 31.5 Å². The van der Waals surface area contributed by atoms with Crippen molar-refractivity contribution in [2.75, 3.05) is 26.9 Å². The third-order valence-electron chi connectivity index (χ3n) is 5.36. The van der Waals surface area contributed by atoms with Gasteiger partial charge in [-0.2, -0.15) is 5.10 Å². The van der Waals surface area contributed by atoms with Crippen molar-refractivity contribution in [3.8, 4) is 17.2 Å². The first kappa shape index (κ1) is 28.1. The number of urea groups is 1. The summed E-state index contributed by atoms with van der Waals surface area (Å²) in [5.74, 6) is 0.907. The number of nitrogens with zero attached hydrogens (tertiary/aromatic N) is 1. The van der Waals surface area contributed by atoms with Gasteiger partial charge in [0.25, 0.3) is 0 Å². The number of hydrogen-bond acceptors (Lipinski definition) is 9. The van der Waals surface area contributed by atoms with E-state index in [9.17, 15) is 14.7 Å². The van der Waals surface area contributed by atoms with Crippen molar-refractivity contribution >= 4 is 18.2 Å². The van der Waals surface area contributed by atoms with Crippen LogP contribution in [0.15, 0.2) is 71.5 Å². The van der Waals surface area contributed by atoms with Crippen molar-refractivity contribution in [1.82, 2.24) is 16.1 Å². The minimum atomic E-state index is -1.10. The number of aliphatic hydroxyl groups is 1. The number of aliphatic hydroxyl groups excluding tert-OH is 1. The van der Waals surface area contributed by atoms with E-state index in [0.29, 0.717) is 36.0 Å². The lowest BCUT2D eigenvalue weighted by molar-refractivity contribution is -0.136. The molecule has 1 aliphatic heterocycles. The molecule has 0 spiro atoms. The number of benzene rings is 2. The Morgan fingerprint density at radius 1 is 1.18 bits per heavy atom. The van der Waals surface area contributed by atoms with E-state index in [-0.39, 0.29) is 12.2 Å². The average Bonchev–Trinajstić information content (AvgIpc) is 2.91. The molecule has 1 heterocycles. The normalized spacial score (nSPS) is 15.8. The van der Waals surface area contributed by atoms with E-state index in [1.54, 1.807) is 37.4 Å². The Labute approximate surface area is 221 Å². The second-order valence-electron chi connectivity index (χ2n) is 8.08. The molecule has 0 saturated heterocycles. The Bertz CT molecular complexity index is 1190. The number of hydrogen-bond donors (Lipinski definition) is 4. The van der Waals surface area contributed by atoms with Crippen LogP contribution in [0.2, 0.25) is 0 Å². The van der Waals surface area contributed by atoms with Crippen LogP contribution in [0.1, 0.15) is 31.0 Å². The number of amides is 2. The molecule has 0 bridgehead atoms. The fraction of sp³-hybridized carbons (Fsp3) is 0.296. The van der Waals surface area contributed by atoms with E-state index < -0.39 is 24.3 Å². The summed E-state index contributed by atoms with van der Waals surface area (Å²) in [5, 5.41) is 19.6. The number of methoxy groups -OCH3 is 1. The van der Waals surface area contributed by atoms with Crippen molar-refractivity contribution in [3.63, 3.8) is 0 Å². The maximum atomic E-state index is 12.4. The third kappa shape index (κ3) is 7.50. The first-order chi connectivity index (χ1) is 18.4. The largest absolute Gasteiger partial charge is 0.490 e. The molecule has 2 amide bonds. The second kappa shape index (κ2) is 13.7. The monoisotopic (exact) mass is 524 g/mol. The maximum absolute atomic E-state index is 12.4. The summed E-state index contributed by atoms with van der Waals surface area (Å²) in [5.41, 5.74) is 4.69. The highest BCUT2D eigenvalue weighted by Gasteiger charge is 2.32. The zero-order valence-corrected chi connectivity index (χ0v) is 21.5. The number of carbonyl (C=O) groups is 2. The van der Waals surface area contributed by atoms with Gasteiger partial charge in [-0.3, -0.25) is 5.43 Å². The van der Waals surface area contributed by atoms with Gasteiger partial charge in [0.15, 0.2) is 17.7 Å². The van der Waals surface area contributed by atoms with Crippen LogP contribution in [-0.2, 0) is 9.53 Å². The summed E-state index contributed by atoms with van der Waals surface area (Å²) in [4.78, 5) is 24.4. The van der Waals surface area contributed by atoms with Crippen LogP contribution in [0.3, 0.4) is 0 Å². The van der Waals surface area contributed by atoms with Crippen LogP contribution in [0.4, 0.5) is 4.79 Å². The van der Waals surface area contributed by atoms with E-state index >= 15 is 0 Å². The maximum Gasteiger partial charge on any atom is 0.337 e. The molecule has 0 radical (unpaired) electrons. The molecule has 38 heavy (non-hydrogen) atoms. The van der Waals surface area contributed by atoms with E-state index in [2.05, 4.69) is 27.7 Å². The highest BCUT2D eigenvalue weighted by atomic mass is 16.5. The Hall–Kier alpha value is -4.51. The Balaban J connectivity index is 1.64. The van der Waals surface area contributed by atoms with Crippen molar-refractivity contribution < 1.29 is 33.6 Å². The van der Waals surface area contributed by atoms with Crippen LogP contribution in [0, 0.1) is 0 Å². The van der Waals surface area contributed by atoms with Gasteiger partial charge in [-0.1, -0.05) is 18.7 Å². The van der Waals surface area contributed by atoms with E-state index in [1.165, 1.54) is 7.11 Å². The molecule has 202 valence electrons. The Kier molecular flexibility index (Phi) is 10.1. The van der Waals surface area contributed by atoms with Crippen LogP contribution < -0.4 is 30.3 Å². The average molecular weight is 525 g/mol. The van der Waals surface area contributed by atoms with E-state index in [0.717, 1.165) is 11.3 Å². The second-order valence-corrected chi connectivity index (χ2v) is 8.08. The van der Waals surface area contributed by atoms with Crippen molar-refractivity contribution in [3.05, 3.63) is 77.5 Å². The summed E-state index contributed by atoms with van der Waals surface area (Å²) in [6.45, 7) is 7.70. The molecule has 2 atom stereocenters. The van der Waals surface area contributed by atoms with Gasteiger partial charge >= 0.3 is 12.0 Å². The molecule has 2 aromatic carbocycles. The fourth-order valence-electron chi connectivity index (χ4n) is 3.63. The minimum Gasteiger partial charge on any atom is -0.490 e. The quantitative estimate of drug-likeness (QED) is 0.103. The zero-order chi connectivity index (χ0) is 27.5. The molecule has 0 fully saturated rings. The van der Waals surface area contributed by atoms with Crippen LogP contribution in [-0.4, -0.2) is 56.5 Å². The Morgan fingerprint density at radius 2 is 1.95 bits per heavy atom. The molecule has 3 rings (SSSR count). The highest BCUT2D eigenvalue weighted by Crippen LogP contribution is 2.34. The summed E-state index contributed by atoms with van der Waals surface area (Å²) >= 11 is 0. The lowest BCUT2D eigenvalue weighted by atomic mass is 9.95. The molecule has 0 unspecified atom stereocenters. The number of nitrogens with one attached hydrogen (secondary N) is 3. The van der Waals surface area contributed by atoms with E-state index in [4.69, 9.17) is 18.9 Å². The number of allylic oxidation sites excluding steroid dienone is 1. The fourth-order valence-corrected chi connectivity index (χ4v) is 3.63.